The van der Waals surface area contributed by atoms with Gasteiger partial charge in [0, 0.05) is 0 Å². The molecule has 0 aliphatic heterocycles. The monoisotopic (exact) mass is 156 g/mol. The molecule has 0 bridgehead atoms. The van der Waals surface area contributed by atoms with Gasteiger partial charge in [-0.15, -0.1) is 0 Å². The Labute approximate surface area is 69.8 Å². The first-order chi connectivity index (χ1) is 4.85. The fourth-order valence-electron chi connectivity index (χ4n) is 1.83. The number of hydrogen-bond donors (Lipinski definition) is 1. The standard InChI is InChI=1S/C10H20O/c1-9(2)6-5-8(11)7-10(9,3)4/h8,11H,5-7H2,1-4H3. The van der Waals surface area contributed by atoms with Crippen molar-refractivity contribution in [2.24, 2.45) is 10.8 Å². The Balaban J connectivity index is 2.72. The van der Waals surface area contributed by atoms with Crippen LogP contribution in [0.5, 0.6) is 0 Å². The van der Waals surface area contributed by atoms with Gasteiger partial charge < -0.3 is 5.11 Å². The van der Waals surface area contributed by atoms with Crippen molar-refractivity contribution in [3.05, 3.63) is 0 Å². The summed E-state index contributed by atoms with van der Waals surface area (Å²) < 4.78 is 0. The SMILES string of the molecule is CC1(C)CCC(O)CC1(C)C. The number of aliphatic hydroxyl groups excluding tert-OH is 1. The van der Waals surface area contributed by atoms with Crippen molar-refractivity contribution >= 4 is 0 Å². The van der Waals surface area contributed by atoms with Crippen molar-refractivity contribution in [3.63, 3.8) is 0 Å². The summed E-state index contributed by atoms with van der Waals surface area (Å²) in [5.41, 5.74) is 0.691. The molecule has 1 atom stereocenters. The van der Waals surface area contributed by atoms with E-state index in [2.05, 4.69) is 27.7 Å². The van der Waals surface area contributed by atoms with Gasteiger partial charge in [0.15, 0.2) is 0 Å². The zero-order chi connectivity index (χ0) is 8.70. The van der Waals surface area contributed by atoms with Crippen LogP contribution in [0.2, 0.25) is 0 Å². The molecule has 0 amide bonds. The molecule has 1 rings (SSSR count). The van der Waals surface area contributed by atoms with Gasteiger partial charge in [-0.3, -0.25) is 0 Å². The van der Waals surface area contributed by atoms with Gasteiger partial charge in [0.05, 0.1) is 6.10 Å². The van der Waals surface area contributed by atoms with Crippen LogP contribution in [0.15, 0.2) is 0 Å². The van der Waals surface area contributed by atoms with Crippen molar-refractivity contribution in [1.29, 1.82) is 0 Å². The predicted molar refractivity (Wildman–Crippen MR) is 47.4 cm³/mol. The van der Waals surface area contributed by atoms with Crippen LogP contribution in [0.4, 0.5) is 0 Å². The first kappa shape index (κ1) is 9.05. The van der Waals surface area contributed by atoms with Crippen LogP contribution in [-0.4, -0.2) is 11.2 Å². The largest absolute Gasteiger partial charge is 0.393 e. The lowest BCUT2D eigenvalue weighted by Gasteiger charge is -2.47. The molecule has 1 heteroatoms. The van der Waals surface area contributed by atoms with E-state index >= 15 is 0 Å². The average Bonchev–Trinajstić information content (AvgIpc) is 1.80. The minimum Gasteiger partial charge on any atom is -0.393 e. The van der Waals surface area contributed by atoms with E-state index in [1.165, 1.54) is 0 Å². The number of hydrogen-bond acceptors (Lipinski definition) is 1. The Morgan fingerprint density at radius 3 is 2.00 bits per heavy atom. The van der Waals surface area contributed by atoms with Crippen molar-refractivity contribution in [3.8, 4) is 0 Å². The Morgan fingerprint density at radius 1 is 1.09 bits per heavy atom. The van der Waals surface area contributed by atoms with E-state index in [0.29, 0.717) is 10.8 Å². The molecule has 0 aromatic rings. The van der Waals surface area contributed by atoms with Crippen LogP contribution >= 0.6 is 0 Å². The third-order valence-corrected chi connectivity index (χ3v) is 3.68. The van der Waals surface area contributed by atoms with Crippen molar-refractivity contribution in [2.75, 3.05) is 0 Å². The fourth-order valence-corrected chi connectivity index (χ4v) is 1.83. The normalized spacial score (nSPS) is 35.2. The lowest BCUT2D eigenvalue weighted by atomic mass is 9.59. The van der Waals surface area contributed by atoms with E-state index < -0.39 is 0 Å². The van der Waals surface area contributed by atoms with Crippen LogP contribution in [0.3, 0.4) is 0 Å². The third kappa shape index (κ3) is 1.58. The van der Waals surface area contributed by atoms with Gasteiger partial charge in [0.1, 0.15) is 0 Å². The molecular weight excluding hydrogens is 136 g/mol. The molecule has 1 aliphatic carbocycles. The molecule has 0 heterocycles. The Kier molecular flexibility index (Phi) is 2.04. The second kappa shape index (κ2) is 2.48. The van der Waals surface area contributed by atoms with Crippen LogP contribution in [-0.2, 0) is 0 Å². The van der Waals surface area contributed by atoms with Gasteiger partial charge in [-0.25, -0.2) is 0 Å². The lowest BCUT2D eigenvalue weighted by molar-refractivity contribution is -0.0248. The quantitative estimate of drug-likeness (QED) is 0.571. The van der Waals surface area contributed by atoms with Gasteiger partial charge in [-0.1, -0.05) is 27.7 Å². The van der Waals surface area contributed by atoms with Gasteiger partial charge in [-0.05, 0) is 30.1 Å². The van der Waals surface area contributed by atoms with E-state index in [1.54, 1.807) is 0 Å². The van der Waals surface area contributed by atoms with Crippen LogP contribution in [0.1, 0.15) is 47.0 Å². The van der Waals surface area contributed by atoms with Gasteiger partial charge in [0.25, 0.3) is 0 Å². The summed E-state index contributed by atoms with van der Waals surface area (Å²) in [4.78, 5) is 0. The van der Waals surface area contributed by atoms with E-state index in [-0.39, 0.29) is 6.10 Å². The number of rotatable bonds is 0. The fraction of sp³-hybridized carbons (Fsp3) is 1.00. The molecule has 0 aromatic heterocycles. The summed E-state index contributed by atoms with van der Waals surface area (Å²) in [5.74, 6) is 0. The summed E-state index contributed by atoms with van der Waals surface area (Å²) in [5, 5.41) is 9.48. The Hall–Kier alpha value is -0.0400. The van der Waals surface area contributed by atoms with Crippen LogP contribution in [0.25, 0.3) is 0 Å². The van der Waals surface area contributed by atoms with E-state index in [9.17, 15) is 5.11 Å². The molecule has 1 saturated carbocycles. The second-order valence-electron chi connectivity index (χ2n) is 5.16. The molecule has 66 valence electrons. The zero-order valence-corrected chi connectivity index (χ0v) is 8.15. The maximum absolute atomic E-state index is 9.48. The summed E-state index contributed by atoms with van der Waals surface area (Å²) in [6.07, 6.45) is 3.04. The molecule has 11 heavy (non-hydrogen) atoms. The minimum atomic E-state index is -0.0574. The second-order valence-corrected chi connectivity index (χ2v) is 5.16. The zero-order valence-electron chi connectivity index (χ0n) is 8.15. The Bertz CT molecular complexity index is 147. The van der Waals surface area contributed by atoms with Crippen LogP contribution < -0.4 is 0 Å². The molecule has 1 aliphatic rings. The van der Waals surface area contributed by atoms with Crippen molar-refractivity contribution in [2.45, 2.75) is 53.1 Å². The lowest BCUT2D eigenvalue weighted by Crippen LogP contribution is -2.40. The molecular formula is C10H20O. The highest BCUT2D eigenvalue weighted by molar-refractivity contribution is 4.92. The van der Waals surface area contributed by atoms with Crippen molar-refractivity contribution in [1.82, 2.24) is 0 Å². The highest BCUT2D eigenvalue weighted by Gasteiger charge is 2.41. The molecule has 0 spiro atoms. The average molecular weight is 156 g/mol. The van der Waals surface area contributed by atoms with Gasteiger partial charge in [0.2, 0.25) is 0 Å². The molecule has 1 nitrogen and oxygen atoms in total. The van der Waals surface area contributed by atoms with E-state index in [1.807, 2.05) is 0 Å². The highest BCUT2D eigenvalue weighted by atomic mass is 16.3. The predicted octanol–water partition coefficient (Wildman–Crippen LogP) is 2.58. The summed E-state index contributed by atoms with van der Waals surface area (Å²) in [6.45, 7) is 9.13. The molecule has 1 fully saturated rings. The molecule has 0 radical (unpaired) electrons. The summed E-state index contributed by atoms with van der Waals surface area (Å²) in [6, 6.07) is 0. The molecule has 1 unspecified atom stereocenters. The summed E-state index contributed by atoms with van der Waals surface area (Å²) >= 11 is 0. The first-order valence-electron chi connectivity index (χ1n) is 4.53. The van der Waals surface area contributed by atoms with E-state index in [0.717, 1.165) is 19.3 Å². The smallest absolute Gasteiger partial charge is 0.0545 e. The van der Waals surface area contributed by atoms with Gasteiger partial charge >= 0.3 is 0 Å². The van der Waals surface area contributed by atoms with Crippen LogP contribution in [0, 0.1) is 10.8 Å². The van der Waals surface area contributed by atoms with E-state index in [4.69, 9.17) is 0 Å². The molecule has 0 aromatic carbocycles. The highest BCUT2D eigenvalue weighted by Crippen LogP contribution is 2.49. The minimum absolute atomic E-state index is 0.0574. The topological polar surface area (TPSA) is 20.2 Å². The maximum atomic E-state index is 9.48. The Morgan fingerprint density at radius 2 is 1.64 bits per heavy atom. The van der Waals surface area contributed by atoms with Crippen molar-refractivity contribution < 1.29 is 5.11 Å². The molecule has 0 saturated heterocycles. The first-order valence-corrected chi connectivity index (χ1v) is 4.53. The van der Waals surface area contributed by atoms with Gasteiger partial charge in [-0.2, -0.15) is 0 Å². The summed E-state index contributed by atoms with van der Waals surface area (Å²) in [7, 11) is 0. The third-order valence-electron chi connectivity index (χ3n) is 3.68. The molecule has 1 N–H and O–H groups in total. The maximum Gasteiger partial charge on any atom is 0.0545 e. The number of aliphatic hydroxyl groups is 1.